The molecule has 2 amide bonds. The minimum Gasteiger partial charge on any atom is -0.490 e. The molecule has 0 saturated carbocycles. The quantitative estimate of drug-likeness (QED) is 0.529. The number of carbonyl (C=O) groups is 2. The average molecular weight is 416 g/mol. The summed E-state index contributed by atoms with van der Waals surface area (Å²) in [7, 11) is 0. The highest BCUT2D eigenvalue weighted by Crippen LogP contribution is 2.37. The molecular formula is C18H23F3N4O4. The van der Waals surface area contributed by atoms with Crippen LogP contribution in [0.3, 0.4) is 0 Å². The Hall–Kier alpha value is -2.56. The fraction of sp³-hybridized carbons (Fsp3) is 0.611. The molecule has 8 nitrogen and oxygen atoms in total. The fourth-order valence-corrected chi connectivity index (χ4v) is 3.44. The first-order valence-electron chi connectivity index (χ1n) is 9.39. The summed E-state index contributed by atoms with van der Waals surface area (Å²) in [5.74, 6) is 0.469. The number of fused-ring (bicyclic) bond motifs is 3. The summed E-state index contributed by atoms with van der Waals surface area (Å²) in [6.45, 7) is 2.61. The number of hydrogen-bond acceptors (Lipinski definition) is 6. The van der Waals surface area contributed by atoms with Gasteiger partial charge in [-0.3, -0.25) is 9.59 Å². The fourth-order valence-electron chi connectivity index (χ4n) is 3.44. The lowest BCUT2D eigenvalue weighted by atomic mass is 10.1. The van der Waals surface area contributed by atoms with Gasteiger partial charge in [0.2, 0.25) is 12.3 Å². The van der Waals surface area contributed by atoms with Gasteiger partial charge in [0.25, 0.3) is 0 Å². The normalized spacial score (nSPS) is 18.9. The van der Waals surface area contributed by atoms with E-state index in [-0.39, 0.29) is 37.3 Å². The molecule has 3 rings (SSSR count). The van der Waals surface area contributed by atoms with Gasteiger partial charge in [0, 0.05) is 38.8 Å². The summed E-state index contributed by atoms with van der Waals surface area (Å²) in [6.07, 6.45) is -2.27. The Balaban J connectivity index is 1.58. The van der Waals surface area contributed by atoms with Crippen molar-refractivity contribution in [1.82, 2.24) is 15.2 Å². The van der Waals surface area contributed by atoms with Crippen LogP contribution in [0.1, 0.15) is 18.4 Å². The highest BCUT2D eigenvalue weighted by atomic mass is 19.4. The molecule has 0 bridgehead atoms. The molecule has 0 aliphatic carbocycles. The van der Waals surface area contributed by atoms with Gasteiger partial charge in [0.1, 0.15) is 0 Å². The Kier molecular flexibility index (Phi) is 6.78. The van der Waals surface area contributed by atoms with Crippen molar-refractivity contribution in [2.24, 2.45) is 0 Å². The lowest BCUT2D eigenvalue weighted by molar-refractivity contribution is -0.138. The Morgan fingerprint density at radius 3 is 2.97 bits per heavy atom. The predicted molar refractivity (Wildman–Crippen MR) is 96.6 cm³/mol. The molecule has 0 spiro atoms. The third-order valence-corrected chi connectivity index (χ3v) is 4.91. The monoisotopic (exact) mass is 416 g/mol. The Morgan fingerprint density at radius 1 is 1.38 bits per heavy atom. The molecule has 160 valence electrons. The van der Waals surface area contributed by atoms with Gasteiger partial charge in [-0.05, 0) is 6.07 Å². The predicted octanol–water partition coefficient (Wildman–Crippen LogP) is 1.05. The Bertz CT molecular complexity index is 732. The van der Waals surface area contributed by atoms with Crippen molar-refractivity contribution in [3.05, 3.63) is 17.8 Å². The van der Waals surface area contributed by atoms with Crippen LogP contribution in [-0.2, 0) is 20.5 Å². The summed E-state index contributed by atoms with van der Waals surface area (Å²) in [5, 5.41) is 2.47. The van der Waals surface area contributed by atoms with Gasteiger partial charge in [-0.25, -0.2) is 4.98 Å². The summed E-state index contributed by atoms with van der Waals surface area (Å²) in [4.78, 5) is 30.2. The van der Waals surface area contributed by atoms with Gasteiger partial charge in [-0.15, -0.1) is 0 Å². The van der Waals surface area contributed by atoms with Crippen LogP contribution in [0, 0.1) is 0 Å². The van der Waals surface area contributed by atoms with Crippen molar-refractivity contribution >= 4 is 18.1 Å². The van der Waals surface area contributed by atoms with Gasteiger partial charge in [0.05, 0.1) is 37.8 Å². The van der Waals surface area contributed by atoms with Crippen LogP contribution in [0.25, 0.3) is 0 Å². The van der Waals surface area contributed by atoms with Gasteiger partial charge in [-0.2, -0.15) is 13.2 Å². The third-order valence-electron chi connectivity index (χ3n) is 4.91. The number of aromatic nitrogens is 1. The number of halogens is 3. The van der Waals surface area contributed by atoms with E-state index in [2.05, 4.69) is 10.3 Å². The van der Waals surface area contributed by atoms with Crippen molar-refractivity contribution in [3.8, 4) is 5.75 Å². The van der Waals surface area contributed by atoms with E-state index in [9.17, 15) is 22.8 Å². The number of rotatable bonds is 7. The first kappa shape index (κ1) is 21.2. The Morgan fingerprint density at radius 2 is 2.21 bits per heavy atom. The number of amides is 2. The van der Waals surface area contributed by atoms with E-state index >= 15 is 0 Å². The highest BCUT2D eigenvalue weighted by Gasteiger charge is 2.36. The lowest BCUT2D eigenvalue weighted by Gasteiger charge is -2.41. The molecule has 1 atom stereocenters. The number of ether oxygens (including phenoxy) is 2. The minimum atomic E-state index is -4.48. The second kappa shape index (κ2) is 9.29. The van der Waals surface area contributed by atoms with Crippen molar-refractivity contribution < 1.29 is 32.2 Å². The zero-order chi connectivity index (χ0) is 20.9. The van der Waals surface area contributed by atoms with E-state index in [1.807, 2.05) is 4.90 Å². The van der Waals surface area contributed by atoms with Crippen LogP contribution in [-0.4, -0.2) is 74.2 Å². The number of alkyl halides is 3. The minimum absolute atomic E-state index is 0.0428. The molecule has 1 unspecified atom stereocenters. The van der Waals surface area contributed by atoms with E-state index in [4.69, 9.17) is 9.47 Å². The number of nitrogens with one attached hydrogen (secondary N) is 1. The number of carbonyl (C=O) groups excluding carboxylic acids is 2. The van der Waals surface area contributed by atoms with Crippen LogP contribution in [0.4, 0.5) is 19.0 Å². The van der Waals surface area contributed by atoms with Crippen LogP contribution in [0.15, 0.2) is 12.3 Å². The molecule has 2 aliphatic heterocycles. The second-order valence-electron chi connectivity index (χ2n) is 6.80. The topological polar surface area (TPSA) is 84.0 Å². The van der Waals surface area contributed by atoms with Gasteiger partial charge < -0.3 is 24.6 Å². The molecule has 0 aromatic carbocycles. The molecule has 29 heavy (non-hydrogen) atoms. The van der Waals surface area contributed by atoms with E-state index in [1.54, 1.807) is 4.90 Å². The maximum Gasteiger partial charge on any atom is 0.418 e. The van der Waals surface area contributed by atoms with Crippen molar-refractivity contribution in [1.29, 1.82) is 0 Å². The molecule has 2 aliphatic rings. The molecule has 1 aromatic rings. The van der Waals surface area contributed by atoms with Gasteiger partial charge in [-0.1, -0.05) is 0 Å². The summed E-state index contributed by atoms with van der Waals surface area (Å²) in [5.41, 5.74) is -0.841. The number of pyridine rings is 1. The zero-order valence-electron chi connectivity index (χ0n) is 15.8. The maximum atomic E-state index is 12.9. The van der Waals surface area contributed by atoms with Gasteiger partial charge in [0.15, 0.2) is 11.6 Å². The Labute approximate surface area is 165 Å². The second-order valence-corrected chi connectivity index (χ2v) is 6.80. The molecule has 1 fully saturated rings. The largest absolute Gasteiger partial charge is 0.490 e. The molecule has 1 N–H and O–H groups in total. The standard InChI is InChI=1S/C18H23F3N4O4/c19-18(20,21)13-9-15-17(23-10-13)25-5-4-24(11-14(25)1-7-29-15)16(27)2-6-28-8-3-22-12-26/h9-10,12,14H,1-8,11H2,(H,22,26). The number of anilines is 1. The smallest absolute Gasteiger partial charge is 0.418 e. The zero-order valence-corrected chi connectivity index (χ0v) is 15.8. The molecule has 11 heteroatoms. The average Bonchev–Trinajstić information content (AvgIpc) is 2.88. The summed E-state index contributed by atoms with van der Waals surface area (Å²) >= 11 is 0. The number of hydrogen-bond donors (Lipinski definition) is 1. The van der Waals surface area contributed by atoms with Crippen molar-refractivity contribution in [2.75, 3.05) is 50.9 Å². The first-order valence-corrected chi connectivity index (χ1v) is 9.39. The van der Waals surface area contributed by atoms with E-state index < -0.39 is 11.7 Å². The molecule has 1 aromatic heterocycles. The first-order chi connectivity index (χ1) is 13.9. The lowest BCUT2D eigenvalue weighted by Crippen LogP contribution is -2.55. The van der Waals surface area contributed by atoms with Crippen molar-refractivity contribution in [3.63, 3.8) is 0 Å². The number of piperazine rings is 1. The highest BCUT2D eigenvalue weighted by molar-refractivity contribution is 5.76. The van der Waals surface area contributed by atoms with E-state index in [1.165, 1.54) is 0 Å². The van der Waals surface area contributed by atoms with E-state index in [0.29, 0.717) is 51.4 Å². The molecule has 0 radical (unpaired) electrons. The SMILES string of the molecule is O=CNCCOCCC(=O)N1CCN2c3ncc(C(F)(F)F)cc3OCCC2C1. The van der Waals surface area contributed by atoms with Gasteiger partial charge >= 0.3 is 6.18 Å². The third kappa shape index (κ3) is 5.28. The molecule has 3 heterocycles. The molecule has 1 saturated heterocycles. The summed E-state index contributed by atoms with van der Waals surface area (Å²) in [6, 6.07) is 0.912. The summed E-state index contributed by atoms with van der Waals surface area (Å²) < 4.78 is 49.6. The van der Waals surface area contributed by atoms with Crippen LogP contribution in [0.5, 0.6) is 5.75 Å². The van der Waals surface area contributed by atoms with Crippen LogP contribution < -0.4 is 15.0 Å². The van der Waals surface area contributed by atoms with E-state index in [0.717, 1.165) is 12.3 Å². The van der Waals surface area contributed by atoms with Crippen LogP contribution >= 0.6 is 0 Å². The van der Waals surface area contributed by atoms with Crippen LogP contribution in [0.2, 0.25) is 0 Å². The number of nitrogens with zero attached hydrogens (tertiary/aromatic N) is 3. The van der Waals surface area contributed by atoms with Crippen molar-refractivity contribution in [2.45, 2.75) is 25.1 Å². The maximum absolute atomic E-state index is 12.9. The molecular weight excluding hydrogens is 393 g/mol.